The Labute approximate surface area is 122 Å². The quantitative estimate of drug-likeness (QED) is 0.773. The van der Waals surface area contributed by atoms with Crippen LogP contribution in [0.5, 0.6) is 0 Å². The Morgan fingerprint density at radius 1 is 1.24 bits per heavy atom. The molecule has 8 heteroatoms. The van der Waals surface area contributed by atoms with E-state index >= 15 is 0 Å². The van der Waals surface area contributed by atoms with Crippen molar-refractivity contribution >= 4 is 11.6 Å². The summed E-state index contributed by atoms with van der Waals surface area (Å²) in [6.07, 6.45) is -3.78. The van der Waals surface area contributed by atoms with E-state index in [2.05, 4.69) is 20.6 Å². The first-order valence-electron chi connectivity index (χ1n) is 6.79. The number of rotatable bonds is 8. The van der Waals surface area contributed by atoms with Gasteiger partial charge in [-0.2, -0.15) is 13.2 Å². The van der Waals surface area contributed by atoms with Crippen molar-refractivity contribution in [3.8, 4) is 0 Å². The lowest BCUT2D eigenvalue weighted by Gasteiger charge is -2.15. The Morgan fingerprint density at radius 2 is 1.86 bits per heavy atom. The van der Waals surface area contributed by atoms with Crippen molar-refractivity contribution in [3.05, 3.63) is 11.9 Å². The van der Waals surface area contributed by atoms with E-state index in [-0.39, 0.29) is 17.6 Å². The van der Waals surface area contributed by atoms with Gasteiger partial charge in [-0.15, -0.1) is 0 Å². The summed E-state index contributed by atoms with van der Waals surface area (Å²) in [5, 5.41) is 5.73. The third kappa shape index (κ3) is 6.16. The molecule has 0 saturated heterocycles. The second kappa shape index (κ2) is 8.02. The van der Waals surface area contributed by atoms with Gasteiger partial charge in [-0.05, 0) is 12.3 Å². The molecule has 0 aliphatic heterocycles. The average molecular weight is 306 g/mol. The number of halogens is 3. The van der Waals surface area contributed by atoms with Crippen LogP contribution in [0.3, 0.4) is 0 Å². The minimum atomic E-state index is -4.57. The van der Waals surface area contributed by atoms with E-state index in [1.807, 2.05) is 13.8 Å². The maximum Gasteiger partial charge on any atom is 0.451 e. The van der Waals surface area contributed by atoms with E-state index in [0.29, 0.717) is 19.7 Å². The number of nitrogens with one attached hydrogen (secondary N) is 2. The first-order valence-corrected chi connectivity index (χ1v) is 6.79. The zero-order valence-corrected chi connectivity index (χ0v) is 12.4. The van der Waals surface area contributed by atoms with Crippen molar-refractivity contribution in [2.24, 2.45) is 5.92 Å². The lowest BCUT2D eigenvalue weighted by molar-refractivity contribution is -0.144. The molecule has 0 fully saturated rings. The van der Waals surface area contributed by atoms with Gasteiger partial charge in [0.2, 0.25) is 5.82 Å². The van der Waals surface area contributed by atoms with Crippen molar-refractivity contribution in [1.82, 2.24) is 9.97 Å². The minimum absolute atomic E-state index is 0.152. The van der Waals surface area contributed by atoms with Crippen molar-refractivity contribution in [2.45, 2.75) is 26.4 Å². The van der Waals surface area contributed by atoms with Crippen LogP contribution in [0.1, 0.15) is 26.1 Å². The summed E-state index contributed by atoms with van der Waals surface area (Å²) < 4.78 is 43.3. The van der Waals surface area contributed by atoms with Crippen LogP contribution in [-0.4, -0.2) is 36.8 Å². The van der Waals surface area contributed by atoms with Crippen LogP contribution in [0, 0.1) is 5.92 Å². The molecule has 120 valence electrons. The molecule has 1 rings (SSSR count). The lowest BCUT2D eigenvalue weighted by atomic mass is 10.2. The normalized spacial score (nSPS) is 13.0. The number of aromatic nitrogens is 2. The summed E-state index contributed by atoms with van der Waals surface area (Å²) in [6, 6.07) is 1.48. The zero-order chi connectivity index (χ0) is 15.9. The average Bonchev–Trinajstić information content (AvgIpc) is 2.42. The van der Waals surface area contributed by atoms with Gasteiger partial charge < -0.3 is 15.4 Å². The fourth-order valence-corrected chi connectivity index (χ4v) is 1.63. The molecule has 21 heavy (non-hydrogen) atoms. The summed E-state index contributed by atoms with van der Waals surface area (Å²) in [5.74, 6) is -0.670. The van der Waals surface area contributed by atoms with Crippen LogP contribution in [-0.2, 0) is 10.9 Å². The minimum Gasteiger partial charge on any atom is -0.384 e. The predicted octanol–water partition coefficient (Wildman–Crippen LogP) is 3.01. The molecule has 0 amide bonds. The molecule has 0 radical (unpaired) electrons. The van der Waals surface area contributed by atoms with Gasteiger partial charge in [0.1, 0.15) is 11.6 Å². The molecular weight excluding hydrogens is 285 g/mol. The Balaban J connectivity index is 2.85. The van der Waals surface area contributed by atoms with Gasteiger partial charge in [-0.1, -0.05) is 13.8 Å². The number of anilines is 2. The third-order valence-corrected chi connectivity index (χ3v) is 2.62. The van der Waals surface area contributed by atoms with Gasteiger partial charge in [-0.3, -0.25) is 0 Å². The summed E-state index contributed by atoms with van der Waals surface area (Å²) in [6.45, 7) is 5.39. The molecule has 0 saturated carbocycles. The molecular formula is C13H21F3N4O. The topological polar surface area (TPSA) is 59.1 Å². The van der Waals surface area contributed by atoms with Crippen LogP contribution in [0.25, 0.3) is 0 Å². The second-order valence-corrected chi connectivity index (χ2v) is 4.83. The summed E-state index contributed by atoms with van der Waals surface area (Å²) >= 11 is 0. The monoisotopic (exact) mass is 306 g/mol. The molecule has 0 aromatic carbocycles. The Morgan fingerprint density at radius 3 is 2.38 bits per heavy atom. The molecule has 1 aromatic heterocycles. The van der Waals surface area contributed by atoms with Crippen molar-refractivity contribution in [3.63, 3.8) is 0 Å². The number of nitrogens with zero attached hydrogens (tertiary/aromatic N) is 2. The predicted molar refractivity (Wildman–Crippen MR) is 75.3 cm³/mol. The Hall–Kier alpha value is -1.57. The molecule has 5 nitrogen and oxygen atoms in total. The van der Waals surface area contributed by atoms with E-state index in [1.165, 1.54) is 6.07 Å². The maximum atomic E-state index is 12.8. The van der Waals surface area contributed by atoms with Gasteiger partial charge in [0.15, 0.2) is 0 Å². The summed E-state index contributed by atoms with van der Waals surface area (Å²) in [4.78, 5) is 7.01. The molecule has 0 aliphatic rings. The second-order valence-electron chi connectivity index (χ2n) is 4.83. The molecule has 2 N–H and O–H groups in total. The van der Waals surface area contributed by atoms with Crippen molar-refractivity contribution < 1.29 is 17.9 Å². The van der Waals surface area contributed by atoms with E-state index < -0.39 is 12.0 Å². The van der Waals surface area contributed by atoms with E-state index in [0.717, 1.165) is 6.42 Å². The molecule has 1 unspecified atom stereocenters. The Bertz CT molecular complexity index is 440. The molecule has 1 heterocycles. The van der Waals surface area contributed by atoms with Gasteiger partial charge in [0.25, 0.3) is 0 Å². The largest absolute Gasteiger partial charge is 0.451 e. The number of ether oxygens (including phenoxy) is 1. The highest BCUT2D eigenvalue weighted by Gasteiger charge is 2.35. The van der Waals surface area contributed by atoms with Gasteiger partial charge in [0, 0.05) is 26.3 Å². The standard InChI is InChI=1S/C13H21F3N4O/c1-4-5-17-10-6-11(18-7-9(2)8-21-3)20-12(19-10)13(14,15)16/h6,9H,4-5,7-8H2,1-3H3,(H2,17,18,19,20). The molecule has 1 atom stereocenters. The third-order valence-electron chi connectivity index (χ3n) is 2.62. The van der Waals surface area contributed by atoms with Crippen LogP contribution >= 0.6 is 0 Å². The first kappa shape index (κ1) is 17.5. The fourth-order valence-electron chi connectivity index (χ4n) is 1.63. The SMILES string of the molecule is CCCNc1cc(NCC(C)COC)nc(C(F)(F)F)n1. The number of methoxy groups -OCH3 is 1. The first-order chi connectivity index (χ1) is 9.86. The van der Waals surface area contributed by atoms with Crippen LogP contribution in [0.2, 0.25) is 0 Å². The summed E-state index contributed by atoms with van der Waals surface area (Å²) in [7, 11) is 1.58. The van der Waals surface area contributed by atoms with Gasteiger partial charge in [-0.25, -0.2) is 9.97 Å². The van der Waals surface area contributed by atoms with Crippen LogP contribution in [0.15, 0.2) is 6.07 Å². The number of hydrogen-bond donors (Lipinski definition) is 2. The highest BCUT2D eigenvalue weighted by molar-refractivity contribution is 5.47. The highest BCUT2D eigenvalue weighted by Crippen LogP contribution is 2.28. The summed E-state index contributed by atoms with van der Waals surface area (Å²) in [5.41, 5.74) is 0. The maximum absolute atomic E-state index is 12.8. The Kier molecular flexibility index (Phi) is 6.67. The number of hydrogen-bond acceptors (Lipinski definition) is 5. The number of alkyl halides is 3. The smallest absolute Gasteiger partial charge is 0.384 e. The van der Waals surface area contributed by atoms with E-state index in [4.69, 9.17) is 4.74 Å². The van der Waals surface area contributed by atoms with E-state index in [9.17, 15) is 13.2 Å². The van der Waals surface area contributed by atoms with Crippen molar-refractivity contribution in [2.75, 3.05) is 37.4 Å². The fraction of sp³-hybridized carbons (Fsp3) is 0.692. The lowest BCUT2D eigenvalue weighted by Crippen LogP contribution is -2.19. The molecule has 1 aromatic rings. The van der Waals surface area contributed by atoms with Gasteiger partial charge in [0.05, 0.1) is 6.61 Å². The molecule has 0 spiro atoms. The van der Waals surface area contributed by atoms with Crippen LogP contribution < -0.4 is 10.6 Å². The van der Waals surface area contributed by atoms with Crippen LogP contribution in [0.4, 0.5) is 24.8 Å². The molecule has 0 bridgehead atoms. The van der Waals surface area contributed by atoms with Gasteiger partial charge >= 0.3 is 6.18 Å². The highest BCUT2D eigenvalue weighted by atomic mass is 19.4. The zero-order valence-electron chi connectivity index (χ0n) is 12.4. The molecule has 0 aliphatic carbocycles. The van der Waals surface area contributed by atoms with Crippen molar-refractivity contribution in [1.29, 1.82) is 0 Å². The van der Waals surface area contributed by atoms with E-state index in [1.54, 1.807) is 7.11 Å².